The minimum atomic E-state index is -0.500. The quantitative estimate of drug-likeness (QED) is 0.651. The van der Waals surface area contributed by atoms with Gasteiger partial charge in [-0.1, -0.05) is 5.16 Å². The van der Waals surface area contributed by atoms with Gasteiger partial charge in [0.05, 0.1) is 16.6 Å². The average molecular weight is 273 g/mol. The Hall–Kier alpha value is -2.95. The van der Waals surface area contributed by atoms with Gasteiger partial charge in [0.2, 0.25) is 5.89 Å². The number of nitrogens with one attached hydrogen (secondary N) is 1. The summed E-state index contributed by atoms with van der Waals surface area (Å²) in [5.74, 6) is 0.992. The van der Waals surface area contributed by atoms with Gasteiger partial charge in [0.15, 0.2) is 5.82 Å². The fourth-order valence-electron chi connectivity index (χ4n) is 1.65. The van der Waals surface area contributed by atoms with E-state index < -0.39 is 4.92 Å². The zero-order valence-corrected chi connectivity index (χ0v) is 10.7. The van der Waals surface area contributed by atoms with Crippen LogP contribution < -0.4 is 5.32 Å². The zero-order chi connectivity index (χ0) is 14.5. The molecule has 102 valence electrons. The van der Waals surface area contributed by atoms with E-state index in [-0.39, 0.29) is 5.69 Å². The maximum atomic E-state index is 10.9. The zero-order valence-electron chi connectivity index (χ0n) is 10.7. The third kappa shape index (κ3) is 3.08. The lowest BCUT2D eigenvalue weighted by molar-refractivity contribution is -0.384. The summed E-state index contributed by atoms with van der Waals surface area (Å²) in [6.45, 7) is 2.10. The van der Waals surface area contributed by atoms with Crippen LogP contribution in [0, 0.1) is 28.4 Å². The molecule has 0 fully saturated rings. The van der Waals surface area contributed by atoms with Crippen molar-refractivity contribution in [3.05, 3.63) is 45.6 Å². The lowest BCUT2D eigenvalue weighted by atomic mass is 10.2. The third-order valence-corrected chi connectivity index (χ3v) is 2.55. The Morgan fingerprint density at radius 3 is 2.95 bits per heavy atom. The Labute approximate surface area is 114 Å². The molecule has 2 rings (SSSR count). The molecule has 0 atom stereocenters. The van der Waals surface area contributed by atoms with Crippen LogP contribution in [0.2, 0.25) is 0 Å². The molecule has 1 aromatic heterocycles. The predicted molar refractivity (Wildman–Crippen MR) is 69.0 cm³/mol. The molecule has 0 aliphatic heterocycles. The van der Waals surface area contributed by atoms with Gasteiger partial charge < -0.3 is 9.84 Å². The molecular weight excluding hydrogens is 262 g/mol. The Bertz CT molecular complexity index is 674. The van der Waals surface area contributed by atoms with Crippen molar-refractivity contribution in [2.75, 3.05) is 11.9 Å². The van der Waals surface area contributed by atoms with Crippen LogP contribution in [0.3, 0.4) is 0 Å². The van der Waals surface area contributed by atoms with Gasteiger partial charge in [-0.3, -0.25) is 10.1 Å². The number of nitro benzene ring substituents is 1. The largest absolute Gasteiger partial charge is 0.379 e. The van der Waals surface area contributed by atoms with Gasteiger partial charge in [-0.25, -0.2) is 0 Å². The number of nitriles is 1. The first-order chi connectivity index (χ1) is 9.60. The second-order valence-corrected chi connectivity index (χ2v) is 4.01. The monoisotopic (exact) mass is 273 g/mol. The molecule has 0 spiro atoms. The van der Waals surface area contributed by atoms with Crippen molar-refractivity contribution < 1.29 is 9.45 Å². The van der Waals surface area contributed by atoms with Gasteiger partial charge in [0.1, 0.15) is 5.69 Å². The Morgan fingerprint density at radius 1 is 1.55 bits per heavy atom. The van der Waals surface area contributed by atoms with Crippen LogP contribution in [0.5, 0.6) is 0 Å². The number of benzene rings is 1. The van der Waals surface area contributed by atoms with Crippen LogP contribution in [-0.4, -0.2) is 21.6 Å². The lowest BCUT2D eigenvalue weighted by Gasteiger charge is -2.05. The summed E-state index contributed by atoms with van der Waals surface area (Å²) in [5, 5.41) is 26.3. The van der Waals surface area contributed by atoms with Crippen molar-refractivity contribution in [2.45, 2.75) is 13.3 Å². The summed E-state index contributed by atoms with van der Waals surface area (Å²) in [5.41, 5.74) is 0.572. The summed E-state index contributed by atoms with van der Waals surface area (Å²) in [6.07, 6.45) is 0.439. The van der Waals surface area contributed by atoms with E-state index in [4.69, 9.17) is 9.78 Å². The summed E-state index contributed by atoms with van der Waals surface area (Å²) in [7, 11) is 0. The molecule has 0 aliphatic rings. The topological polar surface area (TPSA) is 118 Å². The number of aromatic nitrogens is 2. The molecule has 1 N–H and O–H groups in total. The summed E-state index contributed by atoms with van der Waals surface area (Å²) in [6, 6.07) is 6.09. The molecule has 1 heterocycles. The number of hydrogen-bond donors (Lipinski definition) is 1. The number of nitro groups is 1. The molecular formula is C12H11N5O3. The SMILES string of the molecule is Cc1noc(CCNc2cc(C#N)ccc2[N+](=O)[O-])n1. The molecule has 0 unspecified atom stereocenters. The van der Waals surface area contributed by atoms with E-state index in [1.165, 1.54) is 18.2 Å². The highest BCUT2D eigenvalue weighted by Gasteiger charge is 2.14. The number of hydrogen-bond acceptors (Lipinski definition) is 7. The Balaban J connectivity index is 2.07. The molecule has 0 saturated carbocycles. The van der Waals surface area contributed by atoms with Gasteiger partial charge in [-0.2, -0.15) is 10.2 Å². The average Bonchev–Trinajstić information content (AvgIpc) is 2.84. The number of rotatable bonds is 5. The van der Waals surface area contributed by atoms with Crippen molar-refractivity contribution in [1.29, 1.82) is 5.26 Å². The minimum absolute atomic E-state index is 0.0780. The highest BCUT2D eigenvalue weighted by Crippen LogP contribution is 2.25. The normalized spacial score (nSPS) is 10.0. The second kappa shape index (κ2) is 5.79. The Kier molecular flexibility index (Phi) is 3.91. The van der Waals surface area contributed by atoms with E-state index in [1.807, 2.05) is 6.07 Å². The maximum Gasteiger partial charge on any atom is 0.292 e. The van der Waals surface area contributed by atoms with Crippen molar-refractivity contribution in [1.82, 2.24) is 10.1 Å². The maximum absolute atomic E-state index is 10.9. The van der Waals surface area contributed by atoms with Crippen LogP contribution in [0.1, 0.15) is 17.3 Å². The molecule has 1 aromatic carbocycles. The molecule has 8 heteroatoms. The third-order valence-electron chi connectivity index (χ3n) is 2.55. The summed E-state index contributed by atoms with van der Waals surface area (Å²) >= 11 is 0. The van der Waals surface area contributed by atoms with E-state index >= 15 is 0 Å². The van der Waals surface area contributed by atoms with Crippen LogP contribution in [-0.2, 0) is 6.42 Å². The van der Waals surface area contributed by atoms with Crippen molar-refractivity contribution in [3.8, 4) is 6.07 Å². The molecule has 8 nitrogen and oxygen atoms in total. The number of nitrogens with zero attached hydrogens (tertiary/aromatic N) is 4. The van der Waals surface area contributed by atoms with E-state index in [0.717, 1.165) is 0 Å². The van der Waals surface area contributed by atoms with E-state index in [9.17, 15) is 10.1 Å². The summed E-state index contributed by atoms with van der Waals surface area (Å²) < 4.78 is 4.94. The molecule has 2 aromatic rings. The fourth-order valence-corrected chi connectivity index (χ4v) is 1.65. The van der Waals surface area contributed by atoms with Gasteiger partial charge in [0, 0.05) is 19.0 Å². The van der Waals surface area contributed by atoms with Crippen LogP contribution in [0.25, 0.3) is 0 Å². The van der Waals surface area contributed by atoms with Gasteiger partial charge in [0.25, 0.3) is 5.69 Å². The molecule has 20 heavy (non-hydrogen) atoms. The van der Waals surface area contributed by atoms with Gasteiger partial charge in [-0.15, -0.1) is 0 Å². The van der Waals surface area contributed by atoms with Gasteiger partial charge in [-0.05, 0) is 19.1 Å². The standard InChI is InChI=1S/C12H11N5O3/c1-8-15-12(20-16-8)4-5-14-10-6-9(7-13)2-3-11(10)17(18)19/h2-3,6,14H,4-5H2,1H3. The molecule has 0 bridgehead atoms. The van der Waals surface area contributed by atoms with Crippen LogP contribution in [0.15, 0.2) is 22.7 Å². The van der Waals surface area contributed by atoms with Crippen LogP contribution in [0.4, 0.5) is 11.4 Å². The Morgan fingerprint density at radius 2 is 2.35 bits per heavy atom. The highest BCUT2D eigenvalue weighted by atomic mass is 16.6. The number of aryl methyl sites for hydroxylation is 1. The smallest absolute Gasteiger partial charge is 0.292 e. The second-order valence-electron chi connectivity index (χ2n) is 4.01. The first-order valence-electron chi connectivity index (χ1n) is 5.82. The molecule has 0 saturated heterocycles. The van der Waals surface area contributed by atoms with E-state index in [2.05, 4.69) is 15.5 Å². The summed E-state index contributed by atoms with van der Waals surface area (Å²) in [4.78, 5) is 14.4. The van der Waals surface area contributed by atoms with E-state index in [1.54, 1.807) is 6.92 Å². The lowest BCUT2D eigenvalue weighted by Crippen LogP contribution is -2.07. The molecule has 0 aliphatic carbocycles. The first-order valence-corrected chi connectivity index (χ1v) is 5.82. The minimum Gasteiger partial charge on any atom is -0.379 e. The first kappa shape index (κ1) is 13.5. The fraction of sp³-hybridized carbons (Fsp3) is 0.250. The highest BCUT2D eigenvalue weighted by molar-refractivity contribution is 5.64. The van der Waals surface area contributed by atoms with Crippen molar-refractivity contribution >= 4 is 11.4 Å². The van der Waals surface area contributed by atoms with Gasteiger partial charge >= 0.3 is 0 Å². The van der Waals surface area contributed by atoms with Crippen molar-refractivity contribution in [2.24, 2.45) is 0 Å². The van der Waals surface area contributed by atoms with Crippen molar-refractivity contribution in [3.63, 3.8) is 0 Å². The van der Waals surface area contributed by atoms with E-state index in [0.29, 0.717) is 35.9 Å². The molecule has 0 amide bonds. The predicted octanol–water partition coefficient (Wildman–Crippen LogP) is 1.81. The molecule has 0 radical (unpaired) electrons. The van der Waals surface area contributed by atoms with Crippen LogP contribution >= 0.6 is 0 Å². The number of anilines is 1.